The topological polar surface area (TPSA) is 69.8 Å². The molecule has 0 amide bonds. The largest absolute Gasteiger partial charge is 0.478 e. The summed E-state index contributed by atoms with van der Waals surface area (Å²) in [6, 6.07) is 4.86. The van der Waals surface area contributed by atoms with E-state index in [-0.39, 0.29) is 5.56 Å². The molecule has 1 rings (SSSR count). The van der Waals surface area contributed by atoms with E-state index in [1.165, 1.54) is 6.07 Å². The number of hydrogen-bond donors (Lipinski definition) is 2. The molecule has 5 nitrogen and oxygen atoms in total. The second-order valence-corrected chi connectivity index (χ2v) is 4.53. The number of likely N-dealkylation sites (N-methyl/N-ethyl adjacent to an activating group) is 2. The van der Waals surface area contributed by atoms with Crippen LogP contribution in [-0.2, 0) is 0 Å². The van der Waals surface area contributed by atoms with Crippen molar-refractivity contribution in [2.45, 2.75) is 13.8 Å². The average molecular weight is 265 g/mol. The highest BCUT2D eigenvalue weighted by atomic mass is 16.4. The minimum Gasteiger partial charge on any atom is -0.478 e. The number of nitrogens with zero attached hydrogens (tertiary/aromatic N) is 2. The number of anilines is 2. The molecule has 1 aromatic carbocycles. The maximum atomic E-state index is 10.9. The quantitative estimate of drug-likeness (QED) is 0.735. The molecule has 0 bridgehead atoms. The minimum absolute atomic E-state index is 0.221. The van der Waals surface area contributed by atoms with E-state index >= 15 is 0 Å². The minimum atomic E-state index is -0.955. The Morgan fingerprint density at radius 2 is 1.89 bits per heavy atom. The molecule has 0 radical (unpaired) electrons. The van der Waals surface area contributed by atoms with E-state index in [0.717, 1.165) is 31.9 Å². The van der Waals surface area contributed by atoms with Crippen molar-refractivity contribution in [3.63, 3.8) is 0 Å². The van der Waals surface area contributed by atoms with E-state index in [4.69, 9.17) is 10.8 Å². The third kappa shape index (κ3) is 4.13. The summed E-state index contributed by atoms with van der Waals surface area (Å²) in [4.78, 5) is 15.2. The Balaban J connectivity index is 2.72. The summed E-state index contributed by atoms with van der Waals surface area (Å²) < 4.78 is 0. The lowest BCUT2D eigenvalue weighted by atomic mass is 10.1. The van der Waals surface area contributed by atoms with E-state index in [0.29, 0.717) is 5.69 Å². The lowest BCUT2D eigenvalue weighted by molar-refractivity contribution is 0.0697. The summed E-state index contributed by atoms with van der Waals surface area (Å²) in [6.07, 6.45) is 0. The first-order valence-electron chi connectivity index (χ1n) is 6.55. The summed E-state index contributed by atoms with van der Waals surface area (Å²) in [5, 5.41) is 8.90. The molecule has 0 spiro atoms. The van der Waals surface area contributed by atoms with Gasteiger partial charge in [-0.15, -0.1) is 0 Å². The van der Waals surface area contributed by atoms with Gasteiger partial charge in [-0.2, -0.15) is 0 Å². The second kappa shape index (κ2) is 6.99. The van der Waals surface area contributed by atoms with Gasteiger partial charge in [0.1, 0.15) is 0 Å². The van der Waals surface area contributed by atoms with E-state index in [1.807, 2.05) is 7.05 Å². The van der Waals surface area contributed by atoms with Gasteiger partial charge in [0.2, 0.25) is 0 Å². The molecule has 0 saturated carbocycles. The van der Waals surface area contributed by atoms with Crippen molar-refractivity contribution in [2.75, 3.05) is 43.9 Å². The molecule has 0 fully saturated rings. The molecule has 3 N–H and O–H groups in total. The Morgan fingerprint density at radius 1 is 1.26 bits per heavy atom. The van der Waals surface area contributed by atoms with E-state index < -0.39 is 5.97 Å². The molecule has 0 aliphatic rings. The highest BCUT2D eigenvalue weighted by Gasteiger charge is 2.10. The molecule has 0 saturated heterocycles. The third-order valence-electron chi connectivity index (χ3n) is 3.33. The summed E-state index contributed by atoms with van der Waals surface area (Å²) in [5.41, 5.74) is 7.51. The van der Waals surface area contributed by atoms with E-state index in [1.54, 1.807) is 12.1 Å². The summed E-state index contributed by atoms with van der Waals surface area (Å²) in [5.74, 6) is -0.955. The van der Waals surface area contributed by atoms with E-state index in [9.17, 15) is 4.79 Å². The average Bonchev–Trinajstić information content (AvgIpc) is 2.39. The molecular weight excluding hydrogens is 242 g/mol. The first kappa shape index (κ1) is 15.3. The fourth-order valence-corrected chi connectivity index (χ4v) is 1.99. The number of rotatable bonds is 7. The van der Waals surface area contributed by atoms with Crippen molar-refractivity contribution in [1.29, 1.82) is 0 Å². The van der Waals surface area contributed by atoms with Crippen LogP contribution in [0.25, 0.3) is 0 Å². The van der Waals surface area contributed by atoms with Crippen molar-refractivity contribution in [3.8, 4) is 0 Å². The van der Waals surface area contributed by atoms with Crippen LogP contribution < -0.4 is 10.6 Å². The molecule has 0 aliphatic carbocycles. The van der Waals surface area contributed by atoms with Gasteiger partial charge in [-0.3, -0.25) is 0 Å². The van der Waals surface area contributed by atoms with E-state index in [2.05, 4.69) is 23.6 Å². The number of hydrogen-bond acceptors (Lipinski definition) is 4. The van der Waals surface area contributed by atoms with Gasteiger partial charge in [-0.1, -0.05) is 13.8 Å². The monoisotopic (exact) mass is 265 g/mol. The lowest BCUT2D eigenvalue weighted by Crippen LogP contribution is -2.33. The highest BCUT2D eigenvalue weighted by molar-refractivity contribution is 5.90. The maximum absolute atomic E-state index is 10.9. The van der Waals surface area contributed by atoms with Crippen LogP contribution in [-0.4, -0.2) is 49.2 Å². The zero-order chi connectivity index (χ0) is 14.4. The second-order valence-electron chi connectivity index (χ2n) is 4.53. The van der Waals surface area contributed by atoms with Crippen LogP contribution in [0.4, 0.5) is 11.4 Å². The maximum Gasteiger partial charge on any atom is 0.335 e. The SMILES string of the molecule is CCN(CC)CCN(C)c1ccc(C(=O)O)cc1N. The standard InChI is InChI=1S/C14H23N3O2/c1-4-17(5-2)9-8-16(3)13-7-6-11(14(18)19)10-12(13)15/h6-7,10H,4-5,8-9,15H2,1-3H3,(H,18,19). The fraction of sp³-hybridized carbons (Fsp3) is 0.500. The number of benzene rings is 1. The Morgan fingerprint density at radius 3 is 2.37 bits per heavy atom. The predicted molar refractivity (Wildman–Crippen MR) is 78.9 cm³/mol. The smallest absolute Gasteiger partial charge is 0.335 e. The number of carboxylic acids is 1. The number of carbonyl (C=O) groups is 1. The van der Waals surface area contributed by atoms with Gasteiger partial charge < -0.3 is 20.6 Å². The van der Waals surface area contributed by atoms with Gasteiger partial charge in [0.25, 0.3) is 0 Å². The van der Waals surface area contributed by atoms with Gasteiger partial charge in [0.15, 0.2) is 0 Å². The summed E-state index contributed by atoms with van der Waals surface area (Å²) in [7, 11) is 1.97. The molecule has 5 heteroatoms. The summed E-state index contributed by atoms with van der Waals surface area (Å²) in [6.45, 7) is 8.15. The Labute approximate surface area is 114 Å². The molecule has 19 heavy (non-hydrogen) atoms. The Bertz CT molecular complexity index is 431. The van der Waals surface area contributed by atoms with Crippen LogP contribution in [0.5, 0.6) is 0 Å². The molecule has 1 aromatic rings. The van der Waals surface area contributed by atoms with Gasteiger partial charge in [0, 0.05) is 20.1 Å². The number of nitrogens with two attached hydrogens (primary N) is 1. The van der Waals surface area contributed by atoms with Crippen molar-refractivity contribution in [2.24, 2.45) is 0 Å². The molecule has 106 valence electrons. The Kier molecular flexibility index (Phi) is 5.63. The van der Waals surface area contributed by atoms with Crippen LogP contribution in [0.2, 0.25) is 0 Å². The first-order chi connectivity index (χ1) is 8.99. The zero-order valence-electron chi connectivity index (χ0n) is 11.9. The highest BCUT2D eigenvalue weighted by Crippen LogP contribution is 2.23. The van der Waals surface area contributed by atoms with Crippen molar-refractivity contribution in [3.05, 3.63) is 23.8 Å². The normalized spacial score (nSPS) is 10.7. The Hall–Kier alpha value is -1.75. The molecule has 0 unspecified atom stereocenters. The van der Waals surface area contributed by atoms with Crippen LogP contribution in [0, 0.1) is 0 Å². The lowest BCUT2D eigenvalue weighted by Gasteiger charge is -2.25. The van der Waals surface area contributed by atoms with Crippen molar-refractivity contribution in [1.82, 2.24) is 4.90 Å². The van der Waals surface area contributed by atoms with Gasteiger partial charge in [0.05, 0.1) is 16.9 Å². The van der Waals surface area contributed by atoms with Crippen LogP contribution >= 0.6 is 0 Å². The van der Waals surface area contributed by atoms with Crippen molar-refractivity contribution >= 4 is 17.3 Å². The van der Waals surface area contributed by atoms with Crippen molar-refractivity contribution < 1.29 is 9.90 Å². The molecule has 0 heterocycles. The zero-order valence-corrected chi connectivity index (χ0v) is 11.9. The summed E-state index contributed by atoms with van der Waals surface area (Å²) >= 11 is 0. The van der Waals surface area contributed by atoms with Crippen LogP contribution in [0.1, 0.15) is 24.2 Å². The molecule has 0 atom stereocenters. The van der Waals surface area contributed by atoms with Gasteiger partial charge in [-0.05, 0) is 31.3 Å². The van der Waals surface area contributed by atoms with Crippen LogP contribution in [0.15, 0.2) is 18.2 Å². The molecule has 0 aromatic heterocycles. The third-order valence-corrected chi connectivity index (χ3v) is 3.33. The molecular formula is C14H23N3O2. The van der Waals surface area contributed by atoms with Gasteiger partial charge in [-0.25, -0.2) is 4.79 Å². The fourth-order valence-electron chi connectivity index (χ4n) is 1.99. The number of aromatic carboxylic acids is 1. The van der Waals surface area contributed by atoms with Crippen LogP contribution in [0.3, 0.4) is 0 Å². The molecule has 0 aliphatic heterocycles. The predicted octanol–water partition coefficient (Wildman–Crippen LogP) is 1.75. The first-order valence-corrected chi connectivity index (χ1v) is 6.55. The number of carboxylic acid groups (broad SMARTS) is 1. The number of nitrogen functional groups attached to an aromatic ring is 1. The van der Waals surface area contributed by atoms with Gasteiger partial charge >= 0.3 is 5.97 Å².